The number of piperidine rings is 1. The normalized spacial score (nSPS) is 24.2. The highest BCUT2D eigenvalue weighted by molar-refractivity contribution is 5.79. The minimum absolute atomic E-state index is 0.286. The summed E-state index contributed by atoms with van der Waals surface area (Å²) < 4.78 is 0. The van der Waals surface area contributed by atoms with E-state index in [1.54, 1.807) is 0 Å². The van der Waals surface area contributed by atoms with Gasteiger partial charge in [-0.2, -0.15) is 0 Å². The van der Waals surface area contributed by atoms with Crippen LogP contribution < -0.4 is 5.32 Å². The van der Waals surface area contributed by atoms with Crippen LogP contribution in [0.25, 0.3) is 0 Å². The second-order valence-electron chi connectivity index (χ2n) is 5.82. The van der Waals surface area contributed by atoms with Crippen molar-refractivity contribution in [3.8, 4) is 11.8 Å². The second kappa shape index (κ2) is 7.55. The van der Waals surface area contributed by atoms with Crippen LogP contribution in [0.2, 0.25) is 0 Å². The highest BCUT2D eigenvalue weighted by atomic mass is 16.1. The maximum Gasteiger partial charge on any atom is 0.223 e. The molecule has 1 saturated carbocycles. The molecule has 0 aromatic carbocycles. The van der Waals surface area contributed by atoms with Crippen LogP contribution in [0, 0.1) is 23.7 Å². The van der Waals surface area contributed by atoms with Crippen LogP contribution >= 0.6 is 0 Å². The van der Waals surface area contributed by atoms with Gasteiger partial charge in [0.05, 0.1) is 6.54 Å². The molecule has 0 bridgehead atoms. The Hall–Kier alpha value is -1.01. The van der Waals surface area contributed by atoms with E-state index in [4.69, 9.17) is 0 Å². The molecule has 2 rings (SSSR count). The van der Waals surface area contributed by atoms with E-state index in [9.17, 15) is 4.79 Å². The van der Waals surface area contributed by atoms with Crippen LogP contribution in [0.1, 0.15) is 45.4 Å². The van der Waals surface area contributed by atoms with E-state index >= 15 is 0 Å². The second-order valence-corrected chi connectivity index (χ2v) is 5.82. The van der Waals surface area contributed by atoms with E-state index in [0.717, 1.165) is 45.4 Å². The van der Waals surface area contributed by atoms with Gasteiger partial charge in [-0.05, 0) is 38.1 Å². The van der Waals surface area contributed by atoms with Crippen molar-refractivity contribution in [3.05, 3.63) is 0 Å². The third kappa shape index (κ3) is 4.54. The Bertz CT molecular complexity index is 351. The van der Waals surface area contributed by atoms with Gasteiger partial charge in [-0.3, -0.25) is 9.69 Å². The van der Waals surface area contributed by atoms with Crippen molar-refractivity contribution >= 4 is 5.91 Å². The van der Waals surface area contributed by atoms with Gasteiger partial charge in [0.2, 0.25) is 5.91 Å². The van der Waals surface area contributed by atoms with Gasteiger partial charge in [-0.15, -0.1) is 5.92 Å². The predicted octanol–water partition coefficient (Wildman–Crippen LogP) is 2.03. The third-order valence-corrected chi connectivity index (χ3v) is 4.25. The van der Waals surface area contributed by atoms with Crippen molar-refractivity contribution < 1.29 is 4.79 Å². The molecule has 0 radical (unpaired) electrons. The van der Waals surface area contributed by atoms with Crippen LogP contribution in [0.5, 0.6) is 0 Å². The number of nitrogens with zero attached hydrogens (tertiary/aromatic N) is 1. The fourth-order valence-electron chi connectivity index (χ4n) is 2.81. The molecule has 1 aliphatic carbocycles. The van der Waals surface area contributed by atoms with E-state index in [-0.39, 0.29) is 5.91 Å². The minimum atomic E-state index is 0.286. The van der Waals surface area contributed by atoms with Crippen LogP contribution in [-0.2, 0) is 4.79 Å². The molecule has 106 valence electrons. The van der Waals surface area contributed by atoms with Crippen molar-refractivity contribution in [1.82, 2.24) is 10.2 Å². The molecule has 1 heterocycles. The van der Waals surface area contributed by atoms with E-state index < -0.39 is 0 Å². The molecule has 1 saturated heterocycles. The molecule has 3 heteroatoms. The first-order chi connectivity index (χ1) is 9.29. The molecule has 1 N–H and O–H groups in total. The summed E-state index contributed by atoms with van der Waals surface area (Å²) in [5.74, 6) is 7.56. The fraction of sp³-hybridized carbons (Fsp3) is 0.812. The van der Waals surface area contributed by atoms with E-state index in [0.29, 0.717) is 11.8 Å². The number of rotatable bonds is 4. The largest absolute Gasteiger partial charge is 0.356 e. The number of amides is 1. The number of hydrogen-bond acceptors (Lipinski definition) is 2. The SMILES string of the molecule is CCC#CCN1CCCC(CNC(=O)C2CCC2)C1. The zero-order valence-corrected chi connectivity index (χ0v) is 12.1. The average Bonchev–Trinajstić information content (AvgIpc) is 2.35. The summed E-state index contributed by atoms with van der Waals surface area (Å²) in [4.78, 5) is 14.2. The summed E-state index contributed by atoms with van der Waals surface area (Å²) in [5, 5.41) is 3.14. The molecular formula is C16H26N2O. The zero-order valence-electron chi connectivity index (χ0n) is 12.1. The number of likely N-dealkylation sites (tertiary alicyclic amines) is 1. The van der Waals surface area contributed by atoms with E-state index in [1.807, 2.05) is 0 Å². The van der Waals surface area contributed by atoms with Gasteiger partial charge in [0.15, 0.2) is 0 Å². The molecule has 3 nitrogen and oxygen atoms in total. The molecule has 1 atom stereocenters. The average molecular weight is 262 g/mol. The maximum absolute atomic E-state index is 11.8. The lowest BCUT2D eigenvalue weighted by Gasteiger charge is -2.32. The molecule has 1 unspecified atom stereocenters. The highest BCUT2D eigenvalue weighted by Gasteiger charge is 2.26. The summed E-state index contributed by atoms with van der Waals surface area (Å²) >= 11 is 0. The first-order valence-corrected chi connectivity index (χ1v) is 7.75. The first-order valence-electron chi connectivity index (χ1n) is 7.75. The van der Waals surface area contributed by atoms with Crippen LogP contribution in [0.4, 0.5) is 0 Å². The topological polar surface area (TPSA) is 32.3 Å². The van der Waals surface area contributed by atoms with Gasteiger partial charge in [-0.1, -0.05) is 19.3 Å². The predicted molar refractivity (Wildman–Crippen MR) is 77.6 cm³/mol. The Morgan fingerprint density at radius 1 is 1.26 bits per heavy atom. The molecule has 2 fully saturated rings. The molecule has 0 aromatic heterocycles. The number of carbonyl (C=O) groups is 1. The Balaban J connectivity index is 1.67. The maximum atomic E-state index is 11.8. The minimum Gasteiger partial charge on any atom is -0.356 e. The zero-order chi connectivity index (χ0) is 13.5. The Kier molecular flexibility index (Phi) is 5.72. The summed E-state index contributed by atoms with van der Waals surface area (Å²) in [6.45, 7) is 6.07. The summed E-state index contributed by atoms with van der Waals surface area (Å²) in [6.07, 6.45) is 6.82. The smallest absolute Gasteiger partial charge is 0.223 e. The van der Waals surface area contributed by atoms with Gasteiger partial charge >= 0.3 is 0 Å². The third-order valence-electron chi connectivity index (χ3n) is 4.25. The molecule has 1 aliphatic heterocycles. The standard InChI is InChI=1S/C16H26N2O/c1-2-3-4-10-18-11-6-7-14(13-18)12-17-16(19)15-8-5-9-15/h14-15H,2,5-13H2,1H3,(H,17,19). The van der Waals surface area contributed by atoms with Gasteiger partial charge in [0.1, 0.15) is 0 Å². The van der Waals surface area contributed by atoms with E-state index in [2.05, 4.69) is 29.0 Å². The summed E-state index contributed by atoms with van der Waals surface area (Å²) in [7, 11) is 0. The molecule has 1 amide bonds. The molecular weight excluding hydrogens is 236 g/mol. The Labute approximate surface area is 117 Å². The first kappa shape index (κ1) is 14.4. The van der Waals surface area contributed by atoms with Gasteiger partial charge in [-0.25, -0.2) is 0 Å². The monoisotopic (exact) mass is 262 g/mol. The van der Waals surface area contributed by atoms with E-state index in [1.165, 1.54) is 19.3 Å². The van der Waals surface area contributed by atoms with Crippen LogP contribution in [-0.4, -0.2) is 37.0 Å². The summed E-state index contributed by atoms with van der Waals surface area (Å²) in [5.41, 5.74) is 0. The van der Waals surface area contributed by atoms with Crippen molar-refractivity contribution in [2.45, 2.75) is 45.4 Å². The van der Waals surface area contributed by atoms with Crippen LogP contribution in [0.15, 0.2) is 0 Å². The van der Waals surface area contributed by atoms with Crippen molar-refractivity contribution in [2.75, 3.05) is 26.2 Å². The fourth-order valence-corrected chi connectivity index (χ4v) is 2.81. The quantitative estimate of drug-likeness (QED) is 0.786. The van der Waals surface area contributed by atoms with Crippen molar-refractivity contribution in [2.24, 2.45) is 11.8 Å². The number of nitrogens with one attached hydrogen (secondary N) is 1. The lowest BCUT2D eigenvalue weighted by molar-refractivity contribution is -0.127. The van der Waals surface area contributed by atoms with Gasteiger partial charge in [0.25, 0.3) is 0 Å². The molecule has 2 aliphatic rings. The Morgan fingerprint density at radius 2 is 2.11 bits per heavy atom. The van der Waals surface area contributed by atoms with Crippen molar-refractivity contribution in [3.63, 3.8) is 0 Å². The summed E-state index contributed by atoms with van der Waals surface area (Å²) in [6, 6.07) is 0. The van der Waals surface area contributed by atoms with Gasteiger partial charge < -0.3 is 5.32 Å². The van der Waals surface area contributed by atoms with Crippen LogP contribution in [0.3, 0.4) is 0 Å². The Morgan fingerprint density at radius 3 is 2.79 bits per heavy atom. The lowest BCUT2D eigenvalue weighted by Crippen LogP contribution is -2.43. The lowest BCUT2D eigenvalue weighted by atomic mass is 9.84. The number of carbonyl (C=O) groups excluding carboxylic acids is 1. The van der Waals surface area contributed by atoms with Crippen molar-refractivity contribution in [1.29, 1.82) is 0 Å². The molecule has 0 spiro atoms. The molecule has 19 heavy (non-hydrogen) atoms. The molecule has 0 aromatic rings. The van der Waals surface area contributed by atoms with Gasteiger partial charge in [0, 0.05) is 25.4 Å². The highest BCUT2D eigenvalue weighted by Crippen LogP contribution is 2.26. The number of hydrogen-bond donors (Lipinski definition) is 1.